The van der Waals surface area contributed by atoms with Gasteiger partial charge in [0.05, 0.1) is 0 Å². The molecule has 1 saturated heterocycles. The highest BCUT2D eigenvalue weighted by atomic mass is 19.1. The van der Waals surface area contributed by atoms with E-state index in [2.05, 4.69) is 10.2 Å². The predicted molar refractivity (Wildman–Crippen MR) is 94.2 cm³/mol. The normalized spacial score (nSPS) is 16.1. The Balaban J connectivity index is 1.50. The van der Waals surface area contributed by atoms with Gasteiger partial charge in [-0.05, 0) is 51.1 Å². The number of likely N-dealkylation sites (tertiary alicyclic amines) is 1. The maximum absolute atomic E-state index is 13.7. The minimum atomic E-state index is -0.156. The van der Waals surface area contributed by atoms with Crippen molar-refractivity contribution < 1.29 is 9.18 Å². The van der Waals surface area contributed by atoms with Gasteiger partial charge in [-0.25, -0.2) is 4.39 Å². The third kappa shape index (κ3) is 4.20. The minimum Gasteiger partial charge on any atom is -0.326 e. The van der Waals surface area contributed by atoms with Crippen LogP contribution in [0.2, 0.25) is 0 Å². The van der Waals surface area contributed by atoms with Crippen molar-refractivity contribution in [3.8, 4) is 0 Å². The highest BCUT2D eigenvalue weighted by molar-refractivity contribution is 5.92. The fourth-order valence-electron chi connectivity index (χ4n) is 3.10. The van der Waals surface area contributed by atoms with Crippen LogP contribution >= 0.6 is 0 Å². The zero-order chi connectivity index (χ0) is 16.9. The fourth-order valence-corrected chi connectivity index (χ4v) is 3.10. The summed E-state index contributed by atoms with van der Waals surface area (Å²) in [6.45, 7) is 4.27. The van der Waals surface area contributed by atoms with E-state index in [1.54, 1.807) is 6.07 Å². The summed E-state index contributed by atoms with van der Waals surface area (Å²) < 4.78 is 13.7. The van der Waals surface area contributed by atoms with Crippen molar-refractivity contribution in [1.29, 1.82) is 0 Å². The molecule has 0 unspecified atom stereocenters. The lowest BCUT2D eigenvalue weighted by Gasteiger charge is -2.31. The Hall–Kier alpha value is -2.20. The van der Waals surface area contributed by atoms with Gasteiger partial charge in [-0.2, -0.15) is 0 Å². The van der Waals surface area contributed by atoms with E-state index in [0.29, 0.717) is 6.54 Å². The molecule has 24 heavy (non-hydrogen) atoms. The number of amides is 1. The van der Waals surface area contributed by atoms with E-state index < -0.39 is 0 Å². The number of benzene rings is 2. The molecule has 1 amide bonds. The van der Waals surface area contributed by atoms with Crippen LogP contribution in [0.3, 0.4) is 0 Å². The topological polar surface area (TPSA) is 32.3 Å². The summed E-state index contributed by atoms with van der Waals surface area (Å²) >= 11 is 0. The van der Waals surface area contributed by atoms with Crippen LogP contribution < -0.4 is 5.32 Å². The first-order chi connectivity index (χ1) is 11.6. The van der Waals surface area contributed by atoms with Gasteiger partial charge in [-0.3, -0.25) is 9.69 Å². The molecule has 0 bridgehead atoms. The van der Waals surface area contributed by atoms with Gasteiger partial charge in [-0.15, -0.1) is 0 Å². The Morgan fingerprint density at radius 3 is 2.46 bits per heavy atom. The van der Waals surface area contributed by atoms with Crippen molar-refractivity contribution in [1.82, 2.24) is 4.90 Å². The SMILES string of the molecule is Cc1ccc(NC(=O)C2CCN(Cc3ccccc3F)CC2)cc1. The molecule has 0 spiro atoms. The molecule has 1 aliphatic heterocycles. The lowest BCUT2D eigenvalue weighted by atomic mass is 9.95. The Bertz CT molecular complexity index is 691. The molecule has 1 aliphatic rings. The predicted octanol–water partition coefficient (Wildman–Crippen LogP) is 3.98. The molecular formula is C20H23FN2O. The summed E-state index contributed by atoms with van der Waals surface area (Å²) in [7, 11) is 0. The van der Waals surface area contributed by atoms with Crippen LogP contribution in [0.5, 0.6) is 0 Å². The highest BCUT2D eigenvalue weighted by Crippen LogP contribution is 2.21. The lowest BCUT2D eigenvalue weighted by Crippen LogP contribution is -2.37. The van der Waals surface area contributed by atoms with Crippen LogP contribution in [0.25, 0.3) is 0 Å². The maximum Gasteiger partial charge on any atom is 0.227 e. The highest BCUT2D eigenvalue weighted by Gasteiger charge is 2.25. The standard InChI is InChI=1S/C20H23FN2O/c1-15-6-8-18(9-7-15)22-20(24)16-10-12-23(13-11-16)14-17-4-2-3-5-19(17)21/h2-9,16H,10-14H2,1H3,(H,22,24). The van der Waals surface area contributed by atoms with Crippen LogP contribution in [0, 0.1) is 18.7 Å². The molecule has 2 aromatic rings. The molecular weight excluding hydrogens is 303 g/mol. The largest absolute Gasteiger partial charge is 0.326 e. The Morgan fingerprint density at radius 1 is 1.12 bits per heavy atom. The van der Waals surface area contributed by atoms with E-state index in [9.17, 15) is 9.18 Å². The number of nitrogens with one attached hydrogen (secondary N) is 1. The Labute approximate surface area is 142 Å². The first-order valence-corrected chi connectivity index (χ1v) is 8.45. The summed E-state index contributed by atoms with van der Waals surface area (Å²) in [5, 5.41) is 3.00. The second-order valence-corrected chi connectivity index (χ2v) is 6.50. The summed E-state index contributed by atoms with van der Waals surface area (Å²) in [4.78, 5) is 14.6. The molecule has 126 valence electrons. The van der Waals surface area contributed by atoms with Gasteiger partial charge in [-0.1, -0.05) is 35.9 Å². The van der Waals surface area contributed by atoms with Gasteiger partial charge in [0.2, 0.25) is 5.91 Å². The van der Waals surface area contributed by atoms with Gasteiger partial charge < -0.3 is 5.32 Å². The molecule has 1 fully saturated rings. The second-order valence-electron chi connectivity index (χ2n) is 6.50. The smallest absolute Gasteiger partial charge is 0.227 e. The van der Waals surface area contributed by atoms with E-state index in [0.717, 1.165) is 37.2 Å². The maximum atomic E-state index is 13.7. The van der Waals surface area contributed by atoms with Crippen LogP contribution in [-0.4, -0.2) is 23.9 Å². The average Bonchev–Trinajstić information content (AvgIpc) is 2.59. The number of aryl methyl sites for hydroxylation is 1. The zero-order valence-corrected chi connectivity index (χ0v) is 14.0. The van der Waals surface area contributed by atoms with Gasteiger partial charge in [0.25, 0.3) is 0 Å². The number of halogens is 1. The van der Waals surface area contributed by atoms with Crippen molar-refractivity contribution in [2.45, 2.75) is 26.3 Å². The number of nitrogens with zero attached hydrogens (tertiary/aromatic N) is 1. The Kier molecular flexibility index (Phi) is 5.26. The first kappa shape index (κ1) is 16.7. The van der Waals surface area contributed by atoms with Crippen molar-refractivity contribution in [3.05, 3.63) is 65.5 Å². The monoisotopic (exact) mass is 326 g/mol. The number of hydrogen-bond acceptors (Lipinski definition) is 2. The third-order valence-corrected chi connectivity index (χ3v) is 4.63. The summed E-state index contributed by atoms with van der Waals surface area (Å²) in [5.74, 6) is -0.0377. The molecule has 3 nitrogen and oxygen atoms in total. The molecule has 4 heteroatoms. The molecule has 1 heterocycles. The van der Waals surface area contributed by atoms with Crippen LogP contribution in [0.15, 0.2) is 48.5 Å². The van der Waals surface area contributed by atoms with Gasteiger partial charge in [0.15, 0.2) is 0 Å². The van der Waals surface area contributed by atoms with Crippen molar-refractivity contribution >= 4 is 11.6 Å². The molecule has 0 aromatic heterocycles. The third-order valence-electron chi connectivity index (χ3n) is 4.63. The number of anilines is 1. The fraction of sp³-hybridized carbons (Fsp3) is 0.350. The quantitative estimate of drug-likeness (QED) is 0.921. The molecule has 3 rings (SSSR count). The summed E-state index contributed by atoms with van der Waals surface area (Å²) in [5.41, 5.74) is 2.74. The van der Waals surface area contributed by atoms with E-state index in [1.807, 2.05) is 43.3 Å². The van der Waals surface area contributed by atoms with Crippen molar-refractivity contribution in [2.75, 3.05) is 18.4 Å². The van der Waals surface area contributed by atoms with Crippen molar-refractivity contribution in [3.63, 3.8) is 0 Å². The number of carbonyl (C=O) groups is 1. The molecule has 1 N–H and O–H groups in total. The average molecular weight is 326 g/mol. The van der Waals surface area contributed by atoms with Gasteiger partial charge in [0, 0.05) is 23.7 Å². The van der Waals surface area contributed by atoms with E-state index in [1.165, 1.54) is 11.6 Å². The van der Waals surface area contributed by atoms with E-state index in [-0.39, 0.29) is 17.6 Å². The van der Waals surface area contributed by atoms with E-state index >= 15 is 0 Å². The molecule has 0 saturated carbocycles. The minimum absolute atomic E-state index is 0.0307. The summed E-state index contributed by atoms with van der Waals surface area (Å²) in [6, 6.07) is 14.7. The molecule has 2 aromatic carbocycles. The van der Waals surface area contributed by atoms with Crippen LogP contribution in [0.4, 0.5) is 10.1 Å². The van der Waals surface area contributed by atoms with Crippen LogP contribution in [0.1, 0.15) is 24.0 Å². The van der Waals surface area contributed by atoms with Crippen LogP contribution in [-0.2, 0) is 11.3 Å². The van der Waals surface area contributed by atoms with Crippen molar-refractivity contribution in [2.24, 2.45) is 5.92 Å². The Morgan fingerprint density at radius 2 is 1.79 bits per heavy atom. The molecule has 0 radical (unpaired) electrons. The number of rotatable bonds is 4. The molecule has 0 atom stereocenters. The van der Waals surface area contributed by atoms with E-state index in [4.69, 9.17) is 0 Å². The molecule has 0 aliphatic carbocycles. The zero-order valence-electron chi connectivity index (χ0n) is 14.0. The summed E-state index contributed by atoms with van der Waals surface area (Å²) in [6.07, 6.45) is 1.62. The first-order valence-electron chi connectivity index (χ1n) is 8.45. The van der Waals surface area contributed by atoms with Gasteiger partial charge in [0.1, 0.15) is 5.82 Å². The number of piperidine rings is 1. The van der Waals surface area contributed by atoms with Gasteiger partial charge >= 0.3 is 0 Å². The lowest BCUT2D eigenvalue weighted by molar-refractivity contribution is -0.121. The number of hydrogen-bond donors (Lipinski definition) is 1. The number of carbonyl (C=O) groups excluding carboxylic acids is 1. The second kappa shape index (κ2) is 7.58.